The standard InChI is InChI=1S/C37H42O9/c1-22(2)44-36(20-25-9-7-6-8-10-25)45-30-14-11-24(4)37(46-36)28(30)16-27(19-35(41)32(37)15-23(3)34(35)40)21-43-33(39)18-26-12-13-29(38)31(17-26)42-5/h6-10,12-13,15-17,24,28,30,32,38,41H,1,11,14,18-21H2,2-5H3/t24-,28?,30?,32?,35-,36-,37+/m1/s1. The van der Waals surface area contributed by atoms with Crippen molar-refractivity contribution in [2.45, 2.75) is 76.2 Å². The largest absolute Gasteiger partial charge is 0.504 e. The zero-order chi connectivity index (χ0) is 32.9. The predicted molar refractivity (Wildman–Crippen MR) is 169 cm³/mol. The molecule has 1 saturated heterocycles. The van der Waals surface area contributed by atoms with Crippen LogP contribution in [0.1, 0.15) is 51.2 Å². The third-order valence-corrected chi connectivity index (χ3v) is 9.92. The number of rotatable bonds is 9. The molecule has 46 heavy (non-hydrogen) atoms. The number of hydrogen-bond acceptors (Lipinski definition) is 9. The van der Waals surface area contributed by atoms with Gasteiger partial charge < -0.3 is 33.9 Å². The predicted octanol–water partition coefficient (Wildman–Crippen LogP) is 5.34. The van der Waals surface area contributed by atoms with Gasteiger partial charge in [0.05, 0.1) is 37.4 Å². The number of phenols is 1. The molecule has 6 rings (SSSR count). The third kappa shape index (κ3) is 5.54. The third-order valence-electron chi connectivity index (χ3n) is 9.92. The molecule has 0 radical (unpaired) electrons. The summed E-state index contributed by atoms with van der Waals surface area (Å²) in [5.41, 5.74) is -0.230. The second kappa shape index (κ2) is 12.0. The van der Waals surface area contributed by atoms with Crippen molar-refractivity contribution in [3.8, 4) is 11.5 Å². The number of ether oxygens (including phenoxy) is 5. The first-order valence-corrected chi connectivity index (χ1v) is 15.8. The summed E-state index contributed by atoms with van der Waals surface area (Å²) < 4.78 is 31.1. The minimum Gasteiger partial charge on any atom is -0.504 e. The van der Waals surface area contributed by atoms with Gasteiger partial charge in [-0.1, -0.05) is 62.1 Å². The van der Waals surface area contributed by atoms with E-state index < -0.39 is 29.1 Å². The van der Waals surface area contributed by atoms with Crippen molar-refractivity contribution in [3.63, 3.8) is 0 Å². The summed E-state index contributed by atoms with van der Waals surface area (Å²) in [7, 11) is 1.44. The molecule has 4 aliphatic rings. The van der Waals surface area contributed by atoms with Crippen LogP contribution in [0.3, 0.4) is 0 Å². The van der Waals surface area contributed by atoms with E-state index in [2.05, 4.69) is 13.5 Å². The van der Waals surface area contributed by atoms with Crippen molar-refractivity contribution >= 4 is 11.8 Å². The normalized spacial score (nSPS) is 33.1. The van der Waals surface area contributed by atoms with Gasteiger partial charge in [0.2, 0.25) is 0 Å². The highest BCUT2D eigenvalue weighted by Gasteiger charge is 2.70. The second-order valence-electron chi connectivity index (χ2n) is 13.2. The van der Waals surface area contributed by atoms with Crippen LogP contribution in [0.5, 0.6) is 11.5 Å². The number of esters is 1. The first-order valence-electron chi connectivity index (χ1n) is 15.8. The number of aromatic hydroxyl groups is 1. The maximum absolute atomic E-state index is 13.8. The van der Waals surface area contributed by atoms with Gasteiger partial charge in [0.25, 0.3) is 0 Å². The Labute approximate surface area is 269 Å². The molecule has 3 aliphatic carbocycles. The summed E-state index contributed by atoms with van der Waals surface area (Å²) in [6.07, 6.45) is 5.17. The lowest BCUT2D eigenvalue weighted by molar-refractivity contribution is -0.474. The number of aliphatic hydroxyl groups is 1. The molecular formula is C37H42O9. The van der Waals surface area contributed by atoms with Gasteiger partial charge in [-0.25, -0.2) is 0 Å². The number of carbonyl (C=O) groups excluding carboxylic acids is 2. The average molecular weight is 631 g/mol. The lowest BCUT2D eigenvalue weighted by Crippen LogP contribution is -2.71. The zero-order valence-electron chi connectivity index (χ0n) is 26.8. The molecule has 0 spiro atoms. The Morgan fingerprint density at radius 1 is 1.11 bits per heavy atom. The summed E-state index contributed by atoms with van der Waals surface area (Å²) in [5, 5.41) is 22.3. The summed E-state index contributed by atoms with van der Waals surface area (Å²) in [4.78, 5) is 26.8. The van der Waals surface area contributed by atoms with Crippen LogP contribution in [0.4, 0.5) is 0 Å². The van der Waals surface area contributed by atoms with E-state index in [1.807, 2.05) is 42.5 Å². The fraction of sp³-hybridized carbons (Fsp3) is 0.459. The Hall–Kier alpha value is -3.92. The van der Waals surface area contributed by atoms with Crippen LogP contribution in [0.15, 0.2) is 84.2 Å². The van der Waals surface area contributed by atoms with Crippen LogP contribution in [-0.4, -0.2) is 59.0 Å². The van der Waals surface area contributed by atoms with E-state index in [0.717, 1.165) is 12.0 Å². The monoisotopic (exact) mass is 630 g/mol. The Morgan fingerprint density at radius 2 is 1.87 bits per heavy atom. The van der Waals surface area contributed by atoms with E-state index in [4.69, 9.17) is 23.7 Å². The lowest BCUT2D eigenvalue weighted by Gasteiger charge is -2.61. The molecule has 9 nitrogen and oxygen atoms in total. The molecule has 2 aromatic carbocycles. The average Bonchev–Trinajstić information content (AvgIpc) is 3.16. The number of hydrogen-bond donors (Lipinski definition) is 2. The zero-order valence-corrected chi connectivity index (χ0v) is 26.8. The van der Waals surface area contributed by atoms with Crippen molar-refractivity contribution in [3.05, 3.63) is 95.3 Å². The second-order valence-corrected chi connectivity index (χ2v) is 13.2. The molecular weight excluding hydrogens is 588 g/mol. The number of allylic oxidation sites excluding steroid dienone is 1. The number of phenolic OH excluding ortho intramolecular Hbond substituents is 1. The van der Waals surface area contributed by atoms with Crippen molar-refractivity contribution in [1.82, 2.24) is 0 Å². The van der Waals surface area contributed by atoms with E-state index >= 15 is 0 Å². The van der Waals surface area contributed by atoms with Gasteiger partial charge in [-0.05, 0) is 67.0 Å². The molecule has 1 saturated carbocycles. The highest BCUT2D eigenvalue weighted by molar-refractivity contribution is 6.04. The molecule has 244 valence electrons. The van der Waals surface area contributed by atoms with E-state index in [9.17, 15) is 19.8 Å². The van der Waals surface area contributed by atoms with Gasteiger partial charge in [-0.2, -0.15) is 0 Å². The maximum Gasteiger partial charge on any atom is 0.331 e. The fourth-order valence-corrected chi connectivity index (χ4v) is 7.97. The number of Topliss-reactive ketones (excluding diaryl/α,β-unsaturated/α-hetero) is 1. The Morgan fingerprint density at radius 3 is 2.59 bits per heavy atom. The van der Waals surface area contributed by atoms with Crippen LogP contribution in [0.2, 0.25) is 0 Å². The van der Waals surface area contributed by atoms with E-state index in [1.165, 1.54) is 13.2 Å². The highest BCUT2D eigenvalue weighted by Crippen LogP contribution is 2.61. The number of ketones is 1. The Kier molecular flexibility index (Phi) is 8.38. The van der Waals surface area contributed by atoms with Crippen LogP contribution < -0.4 is 4.74 Å². The molecule has 2 bridgehead atoms. The van der Waals surface area contributed by atoms with Crippen molar-refractivity contribution < 1.29 is 43.5 Å². The van der Waals surface area contributed by atoms with Gasteiger partial charge >= 0.3 is 11.9 Å². The molecule has 3 unspecified atom stereocenters. The maximum atomic E-state index is 13.8. The molecule has 7 atom stereocenters. The van der Waals surface area contributed by atoms with Crippen LogP contribution in [-0.2, 0) is 41.4 Å². The quantitative estimate of drug-likeness (QED) is 0.215. The van der Waals surface area contributed by atoms with Crippen LogP contribution >= 0.6 is 0 Å². The number of methoxy groups -OCH3 is 1. The molecule has 0 amide bonds. The molecule has 1 aliphatic heterocycles. The Bertz CT molecular complexity index is 1590. The van der Waals surface area contributed by atoms with Crippen molar-refractivity contribution in [2.24, 2.45) is 17.8 Å². The van der Waals surface area contributed by atoms with Crippen LogP contribution in [0, 0.1) is 17.8 Å². The van der Waals surface area contributed by atoms with Gasteiger partial charge in [0.1, 0.15) is 12.2 Å². The van der Waals surface area contributed by atoms with Gasteiger partial charge in [-0.15, -0.1) is 0 Å². The topological polar surface area (TPSA) is 121 Å². The molecule has 2 fully saturated rings. The smallest absolute Gasteiger partial charge is 0.331 e. The lowest BCUT2D eigenvalue weighted by atomic mass is 9.59. The molecule has 0 aromatic heterocycles. The summed E-state index contributed by atoms with van der Waals surface area (Å²) in [6, 6.07) is 14.4. The van der Waals surface area contributed by atoms with Gasteiger partial charge in [0, 0.05) is 18.3 Å². The molecule has 9 heteroatoms. The summed E-state index contributed by atoms with van der Waals surface area (Å²) >= 11 is 0. The minimum atomic E-state index is -1.81. The SMILES string of the molecule is C=C(C)O[C@]1(Cc2ccccc2)OC2CC[C@@H](C)[C@]3(O1)C2C=C(COC(=O)Cc1ccc(O)c(OC)c1)C[C@]1(O)C(=O)C(C)=CC31. The molecule has 1 heterocycles. The molecule has 2 aromatic rings. The van der Waals surface area contributed by atoms with E-state index in [1.54, 1.807) is 26.0 Å². The summed E-state index contributed by atoms with van der Waals surface area (Å²) in [5.74, 6) is -2.88. The molecule has 2 N–H and O–H groups in total. The van der Waals surface area contributed by atoms with E-state index in [-0.39, 0.29) is 61.1 Å². The minimum absolute atomic E-state index is 0.0151. The number of fused-ring (bicyclic) bond motifs is 1. The first-order chi connectivity index (χ1) is 21.9. The van der Waals surface area contributed by atoms with Gasteiger partial charge in [-0.3, -0.25) is 9.59 Å². The van der Waals surface area contributed by atoms with Gasteiger partial charge in [0.15, 0.2) is 17.3 Å². The fourth-order valence-electron chi connectivity index (χ4n) is 7.97. The van der Waals surface area contributed by atoms with Crippen molar-refractivity contribution in [1.29, 1.82) is 0 Å². The summed E-state index contributed by atoms with van der Waals surface area (Å²) in [6.45, 7) is 9.45. The highest BCUT2D eigenvalue weighted by atomic mass is 16.9. The Balaban J connectivity index is 1.36. The number of benzene rings is 2. The van der Waals surface area contributed by atoms with Crippen molar-refractivity contribution in [2.75, 3.05) is 13.7 Å². The number of carbonyl (C=O) groups is 2. The van der Waals surface area contributed by atoms with Crippen LogP contribution in [0.25, 0.3) is 0 Å². The first kappa shape index (κ1) is 32.0. The van der Waals surface area contributed by atoms with E-state index in [0.29, 0.717) is 28.9 Å².